The van der Waals surface area contributed by atoms with Gasteiger partial charge >= 0.3 is 0 Å². The summed E-state index contributed by atoms with van der Waals surface area (Å²) in [6, 6.07) is 9.02. The lowest BCUT2D eigenvalue weighted by Crippen LogP contribution is -2.54. The Morgan fingerprint density at radius 2 is 1.88 bits per heavy atom. The van der Waals surface area contributed by atoms with Gasteiger partial charge in [0.25, 0.3) is 5.91 Å². The maximum atomic E-state index is 12.8. The van der Waals surface area contributed by atoms with E-state index in [4.69, 9.17) is 26.8 Å². The van der Waals surface area contributed by atoms with Crippen LogP contribution in [0.15, 0.2) is 30.3 Å². The standard InChI is InChI=1S/C17H18ClN5O3/c18-14-9-15(21-17(19)20-14)22-5-7-23(8-6-22)16(24)13-10-25-11-3-1-2-4-12(11)26-13/h1-4,9,13H,5-8,10H2,(H2,19,20,21). The van der Waals surface area contributed by atoms with E-state index in [0.29, 0.717) is 48.6 Å². The molecular weight excluding hydrogens is 358 g/mol. The predicted molar refractivity (Wildman–Crippen MR) is 96.6 cm³/mol. The van der Waals surface area contributed by atoms with Gasteiger partial charge in [-0.3, -0.25) is 4.79 Å². The Hall–Kier alpha value is -2.74. The van der Waals surface area contributed by atoms with E-state index in [9.17, 15) is 4.79 Å². The van der Waals surface area contributed by atoms with Gasteiger partial charge in [-0.1, -0.05) is 23.7 Å². The number of amides is 1. The summed E-state index contributed by atoms with van der Waals surface area (Å²) in [6.07, 6.45) is -0.624. The van der Waals surface area contributed by atoms with E-state index in [1.54, 1.807) is 17.0 Å². The van der Waals surface area contributed by atoms with Gasteiger partial charge in [0, 0.05) is 32.2 Å². The lowest BCUT2D eigenvalue weighted by Gasteiger charge is -2.37. The summed E-state index contributed by atoms with van der Waals surface area (Å²) in [6.45, 7) is 2.59. The van der Waals surface area contributed by atoms with Crippen molar-refractivity contribution in [2.24, 2.45) is 0 Å². The van der Waals surface area contributed by atoms with Crippen LogP contribution in [-0.2, 0) is 4.79 Å². The normalized spacial score (nSPS) is 19.3. The average molecular weight is 376 g/mol. The number of rotatable bonds is 2. The Balaban J connectivity index is 1.38. The summed E-state index contributed by atoms with van der Waals surface area (Å²) in [5, 5.41) is 0.303. The van der Waals surface area contributed by atoms with Gasteiger partial charge in [0.1, 0.15) is 17.6 Å². The van der Waals surface area contributed by atoms with E-state index in [2.05, 4.69) is 9.97 Å². The fraction of sp³-hybridized carbons (Fsp3) is 0.353. The molecule has 0 aliphatic carbocycles. The number of nitrogen functional groups attached to an aromatic ring is 1. The fourth-order valence-electron chi connectivity index (χ4n) is 3.09. The van der Waals surface area contributed by atoms with Gasteiger partial charge in [-0.05, 0) is 12.1 Å². The molecule has 2 aliphatic rings. The van der Waals surface area contributed by atoms with Crippen molar-refractivity contribution in [3.8, 4) is 11.5 Å². The minimum atomic E-state index is -0.624. The van der Waals surface area contributed by atoms with Crippen LogP contribution in [0.5, 0.6) is 11.5 Å². The topological polar surface area (TPSA) is 93.8 Å². The van der Waals surface area contributed by atoms with Gasteiger partial charge in [-0.15, -0.1) is 0 Å². The number of hydrogen-bond donors (Lipinski definition) is 1. The highest BCUT2D eigenvalue weighted by molar-refractivity contribution is 6.29. The molecule has 1 amide bonds. The third kappa shape index (κ3) is 3.32. The van der Waals surface area contributed by atoms with Crippen molar-refractivity contribution in [3.63, 3.8) is 0 Å². The zero-order valence-corrected chi connectivity index (χ0v) is 14.7. The van der Waals surface area contributed by atoms with E-state index in [1.165, 1.54) is 0 Å². The first-order valence-electron chi connectivity index (χ1n) is 8.32. The van der Waals surface area contributed by atoms with Crippen LogP contribution < -0.4 is 20.1 Å². The molecule has 2 aliphatic heterocycles. The van der Waals surface area contributed by atoms with E-state index >= 15 is 0 Å². The number of piperazine rings is 1. The lowest BCUT2D eigenvalue weighted by molar-refractivity contribution is -0.141. The molecule has 4 rings (SSSR count). The number of carbonyl (C=O) groups excluding carboxylic acids is 1. The highest BCUT2D eigenvalue weighted by Crippen LogP contribution is 2.31. The molecule has 8 nitrogen and oxygen atoms in total. The monoisotopic (exact) mass is 375 g/mol. The molecule has 26 heavy (non-hydrogen) atoms. The Morgan fingerprint density at radius 3 is 2.62 bits per heavy atom. The van der Waals surface area contributed by atoms with E-state index < -0.39 is 6.10 Å². The summed E-state index contributed by atoms with van der Waals surface area (Å²) in [4.78, 5) is 24.6. The molecule has 1 atom stereocenters. The molecule has 1 aromatic carbocycles. The first-order chi connectivity index (χ1) is 12.6. The van der Waals surface area contributed by atoms with Crippen molar-refractivity contribution in [2.75, 3.05) is 43.4 Å². The van der Waals surface area contributed by atoms with Crippen LogP contribution in [0.4, 0.5) is 11.8 Å². The molecule has 1 fully saturated rings. The average Bonchev–Trinajstić information content (AvgIpc) is 2.66. The Kier molecular flexibility index (Phi) is 4.42. The number of carbonyl (C=O) groups is 1. The van der Waals surface area contributed by atoms with Crippen molar-refractivity contribution in [3.05, 3.63) is 35.5 Å². The minimum Gasteiger partial charge on any atom is -0.485 e. The third-order valence-electron chi connectivity index (χ3n) is 4.40. The van der Waals surface area contributed by atoms with Gasteiger partial charge in [0.2, 0.25) is 12.1 Å². The number of nitrogens with two attached hydrogens (primary N) is 1. The molecule has 2 N–H and O–H groups in total. The second kappa shape index (κ2) is 6.87. The van der Waals surface area contributed by atoms with Crippen LogP contribution in [0, 0.1) is 0 Å². The summed E-state index contributed by atoms with van der Waals surface area (Å²) in [5.41, 5.74) is 5.65. The van der Waals surface area contributed by atoms with Crippen molar-refractivity contribution >= 4 is 29.3 Å². The van der Waals surface area contributed by atoms with Crippen molar-refractivity contribution in [1.29, 1.82) is 0 Å². The number of fused-ring (bicyclic) bond motifs is 1. The first-order valence-corrected chi connectivity index (χ1v) is 8.70. The second-order valence-electron chi connectivity index (χ2n) is 6.08. The van der Waals surface area contributed by atoms with Gasteiger partial charge in [0.15, 0.2) is 11.5 Å². The molecule has 3 heterocycles. The first kappa shape index (κ1) is 16.7. The third-order valence-corrected chi connectivity index (χ3v) is 4.59. The second-order valence-corrected chi connectivity index (χ2v) is 6.47. The summed E-state index contributed by atoms with van der Waals surface area (Å²) < 4.78 is 11.4. The van der Waals surface area contributed by atoms with E-state index in [0.717, 1.165) is 0 Å². The molecule has 1 saturated heterocycles. The van der Waals surface area contributed by atoms with Gasteiger partial charge in [-0.2, -0.15) is 4.98 Å². The van der Waals surface area contributed by atoms with Crippen LogP contribution in [-0.4, -0.2) is 59.7 Å². The highest BCUT2D eigenvalue weighted by Gasteiger charge is 2.32. The summed E-state index contributed by atoms with van der Waals surface area (Å²) in [7, 11) is 0. The zero-order chi connectivity index (χ0) is 18.1. The van der Waals surface area contributed by atoms with Crippen LogP contribution >= 0.6 is 11.6 Å². The number of aromatic nitrogens is 2. The molecule has 0 radical (unpaired) electrons. The smallest absolute Gasteiger partial charge is 0.267 e. The van der Waals surface area contributed by atoms with Crippen molar-refractivity contribution in [2.45, 2.75) is 6.10 Å². The van der Waals surface area contributed by atoms with Crippen LogP contribution in [0.2, 0.25) is 5.15 Å². The number of halogens is 1. The predicted octanol–water partition coefficient (Wildman–Crippen LogP) is 1.20. The number of ether oxygens (including phenoxy) is 2. The largest absolute Gasteiger partial charge is 0.485 e. The quantitative estimate of drug-likeness (QED) is 0.788. The van der Waals surface area contributed by atoms with Gasteiger partial charge in [0.05, 0.1) is 0 Å². The molecule has 0 saturated carbocycles. The van der Waals surface area contributed by atoms with Crippen LogP contribution in [0.1, 0.15) is 0 Å². The Bertz CT molecular complexity index is 806. The number of nitrogens with zero attached hydrogens (tertiary/aromatic N) is 4. The molecule has 0 spiro atoms. The van der Waals surface area contributed by atoms with Crippen molar-refractivity contribution < 1.29 is 14.3 Å². The molecule has 9 heteroatoms. The summed E-state index contributed by atoms with van der Waals surface area (Å²) >= 11 is 5.94. The highest BCUT2D eigenvalue weighted by atomic mass is 35.5. The Labute approximate surface area is 155 Å². The lowest BCUT2D eigenvalue weighted by atomic mass is 10.2. The fourth-order valence-corrected chi connectivity index (χ4v) is 3.27. The molecule has 2 aromatic rings. The SMILES string of the molecule is Nc1nc(Cl)cc(N2CCN(C(=O)C3COc4ccccc4O3)CC2)n1. The Morgan fingerprint density at radius 1 is 1.15 bits per heavy atom. The molecule has 0 bridgehead atoms. The number of para-hydroxylation sites is 2. The van der Waals surface area contributed by atoms with Crippen LogP contribution in [0.3, 0.4) is 0 Å². The van der Waals surface area contributed by atoms with Crippen molar-refractivity contribution in [1.82, 2.24) is 14.9 Å². The minimum absolute atomic E-state index is 0.0700. The van der Waals surface area contributed by atoms with Gasteiger partial charge < -0.3 is 25.0 Å². The van der Waals surface area contributed by atoms with Crippen LogP contribution in [0.25, 0.3) is 0 Å². The molecular formula is C17H18ClN5O3. The zero-order valence-electron chi connectivity index (χ0n) is 14.0. The maximum Gasteiger partial charge on any atom is 0.267 e. The molecule has 136 valence electrons. The number of benzene rings is 1. The van der Waals surface area contributed by atoms with E-state index in [-0.39, 0.29) is 18.5 Å². The van der Waals surface area contributed by atoms with E-state index in [1.807, 2.05) is 23.1 Å². The van der Waals surface area contributed by atoms with Gasteiger partial charge in [-0.25, -0.2) is 4.98 Å². The number of anilines is 2. The maximum absolute atomic E-state index is 12.8. The summed E-state index contributed by atoms with van der Waals surface area (Å²) in [5.74, 6) is 2.00. The molecule has 1 unspecified atom stereocenters. The molecule has 1 aromatic heterocycles. The number of hydrogen-bond acceptors (Lipinski definition) is 7.